The van der Waals surface area contributed by atoms with Crippen LogP contribution in [0.4, 0.5) is 0 Å². The molecule has 2 saturated heterocycles. The van der Waals surface area contributed by atoms with Crippen molar-refractivity contribution in [3.63, 3.8) is 0 Å². The first-order valence-corrected chi connectivity index (χ1v) is 11.3. The van der Waals surface area contributed by atoms with Gasteiger partial charge in [0.2, 0.25) is 0 Å². The molecule has 7 nitrogen and oxygen atoms in total. The van der Waals surface area contributed by atoms with Crippen LogP contribution in [0.1, 0.15) is 18.4 Å². The Bertz CT molecular complexity index is 808. The number of benzene rings is 1. The first-order chi connectivity index (χ1) is 12.9. The number of carbonyl (C=O) groups is 1. The summed E-state index contributed by atoms with van der Waals surface area (Å²) < 4.78 is 30.1. The van der Waals surface area contributed by atoms with E-state index in [1.807, 2.05) is 18.2 Å². The second-order valence-corrected chi connectivity index (χ2v) is 10.1. The Balaban J connectivity index is 1.50. The highest BCUT2D eigenvalue weighted by atomic mass is 32.2. The molecule has 0 bridgehead atoms. The summed E-state index contributed by atoms with van der Waals surface area (Å²) >= 11 is 0. The molecule has 0 radical (unpaired) electrons. The monoisotopic (exact) mass is 394 g/mol. The average Bonchev–Trinajstić information content (AvgIpc) is 3.36. The Labute approximate surface area is 159 Å². The fraction of sp³-hybridized carbons (Fsp3) is 0.632. The maximum Gasteiger partial charge on any atom is 0.341 e. The van der Waals surface area contributed by atoms with E-state index in [0.717, 1.165) is 31.1 Å². The lowest BCUT2D eigenvalue weighted by Gasteiger charge is -2.44. The molecule has 1 aliphatic carbocycles. The van der Waals surface area contributed by atoms with E-state index in [-0.39, 0.29) is 30.2 Å². The van der Waals surface area contributed by atoms with Gasteiger partial charge in [0.25, 0.3) is 0 Å². The average molecular weight is 394 g/mol. The number of rotatable bonds is 7. The molecule has 2 atom stereocenters. The third-order valence-corrected chi connectivity index (χ3v) is 7.49. The summed E-state index contributed by atoms with van der Waals surface area (Å²) in [5.74, 6) is 0.735. The number of carboxylic acids is 1. The maximum absolute atomic E-state index is 12.3. The number of ether oxygens (including phenoxy) is 1. The molecule has 27 heavy (non-hydrogen) atoms. The molecule has 8 heteroatoms. The fourth-order valence-electron chi connectivity index (χ4n) is 4.29. The smallest absolute Gasteiger partial charge is 0.341 e. The molecule has 3 fully saturated rings. The lowest BCUT2D eigenvalue weighted by Crippen LogP contribution is -2.59. The molecule has 1 aromatic carbocycles. The molecule has 148 valence electrons. The van der Waals surface area contributed by atoms with Gasteiger partial charge in [-0.1, -0.05) is 18.2 Å². The number of aliphatic carboxylic acids is 1. The Morgan fingerprint density at radius 1 is 1.11 bits per heavy atom. The van der Waals surface area contributed by atoms with Gasteiger partial charge >= 0.3 is 5.97 Å². The zero-order chi connectivity index (χ0) is 19.0. The van der Waals surface area contributed by atoms with Crippen molar-refractivity contribution in [3.8, 4) is 5.75 Å². The van der Waals surface area contributed by atoms with Gasteiger partial charge in [0.05, 0.1) is 11.5 Å². The van der Waals surface area contributed by atoms with Crippen LogP contribution in [0.3, 0.4) is 0 Å². The number of sulfone groups is 1. The summed E-state index contributed by atoms with van der Waals surface area (Å²) in [5, 5.41) is 8.87. The SMILES string of the molecule is O=C(O)COc1ccccc1CN1CCN(CC2CC2)[C@@H]2CS(=O)(=O)C[C@@H]21. The number of hydrogen-bond acceptors (Lipinski definition) is 6. The molecule has 3 aliphatic rings. The molecular weight excluding hydrogens is 368 g/mol. The van der Waals surface area contributed by atoms with Gasteiger partial charge in [0, 0.05) is 43.8 Å². The minimum absolute atomic E-state index is 0.00460. The standard InChI is InChI=1S/C19H26N2O5S/c22-19(23)11-26-18-4-2-1-3-15(18)10-21-8-7-20(9-14-5-6-14)16-12-27(24,25)13-17(16)21/h1-4,14,16-17H,5-13H2,(H,22,23)/t16-,17+/m1/s1. The molecule has 1 N–H and O–H groups in total. The van der Waals surface area contributed by atoms with Crippen molar-refractivity contribution in [3.05, 3.63) is 29.8 Å². The largest absolute Gasteiger partial charge is 0.482 e. The summed E-state index contributed by atoms with van der Waals surface area (Å²) in [4.78, 5) is 15.4. The van der Waals surface area contributed by atoms with Crippen LogP contribution in [0, 0.1) is 5.92 Å². The summed E-state index contributed by atoms with van der Waals surface area (Å²) in [7, 11) is -3.03. The van der Waals surface area contributed by atoms with E-state index in [0.29, 0.717) is 12.3 Å². The van der Waals surface area contributed by atoms with Gasteiger partial charge in [-0.3, -0.25) is 9.80 Å². The molecule has 2 heterocycles. The van der Waals surface area contributed by atoms with Gasteiger partial charge < -0.3 is 9.84 Å². The number of carboxylic acid groups (broad SMARTS) is 1. The lowest BCUT2D eigenvalue weighted by molar-refractivity contribution is -0.139. The van der Waals surface area contributed by atoms with Crippen LogP contribution >= 0.6 is 0 Å². The predicted molar refractivity (Wildman–Crippen MR) is 101 cm³/mol. The number of hydrogen-bond donors (Lipinski definition) is 1. The van der Waals surface area contributed by atoms with Crippen LogP contribution in [0.5, 0.6) is 5.75 Å². The summed E-state index contributed by atoms with van der Waals surface area (Å²) in [6, 6.07) is 7.47. The van der Waals surface area contributed by atoms with Crippen LogP contribution in [0.2, 0.25) is 0 Å². The summed E-state index contributed by atoms with van der Waals surface area (Å²) in [5.41, 5.74) is 0.900. The van der Waals surface area contributed by atoms with E-state index in [1.54, 1.807) is 6.07 Å². The van der Waals surface area contributed by atoms with Crippen molar-refractivity contribution in [1.82, 2.24) is 9.80 Å². The summed E-state index contributed by atoms with van der Waals surface area (Å²) in [6.07, 6.45) is 2.53. The van der Waals surface area contributed by atoms with Crippen molar-refractivity contribution in [1.29, 1.82) is 0 Å². The second kappa shape index (κ2) is 7.41. The van der Waals surface area contributed by atoms with E-state index in [4.69, 9.17) is 9.84 Å². The summed E-state index contributed by atoms with van der Waals surface area (Å²) in [6.45, 7) is 2.90. The molecule has 0 aromatic heterocycles. The van der Waals surface area contributed by atoms with Crippen LogP contribution < -0.4 is 4.74 Å². The van der Waals surface area contributed by atoms with Gasteiger partial charge in [-0.15, -0.1) is 0 Å². The maximum atomic E-state index is 12.3. The number of fused-ring (bicyclic) bond motifs is 1. The van der Waals surface area contributed by atoms with Gasteiger partial charge in [0.1, 0.15) is 5.75 Å². The predicted octanol–water partition coefficient (Wildman–Crippen LogP) is 0.843. The minimum atomic E-state index is -3.03. The zero-order valence-corrected chi connectivity index (χ0v) is 16.1. The highest BCUT2D eigenvalue weighted by Crippen LogP contribution is 2.35. The Morgan fingerprint density at radius 3 is 2.48 bits per heavy atom. The van der Waals surface area contributed by atoms with Crippen molar-refractivity contribution in [2.75, 3.05) is 37.7 Å². The topological polar surface area (TPSA) is 87.2 Å². The third-order valence-electron chi connectivity index (χ3n) is 5.79. The minimum Gasteiger partial charge on any atom is -0.482 e. The van der Waals surface area contributed by atoms with Crippen molar-refractivity contribution >= 4 is 15.8 Å². The first-order valence-electron chi connectivity index (χ1n) is 9.52. The Hall–Kier alpha value is -1.64. The molecule has 2 aliphatic heterocycles. The van der Waals surface area contributed by atoms with Gasteiger partial charge in [-0.25, -0.2) is 13.2 Å². The Kier molecular flexibility index (Phi) is 5.13. The van der Waals surface area contributed by atoms with Crippen LogP contribution in [-0.4, -0.2) is 79.1 Å². The van der Waals surface area contributed by atoms with E-state index in [2.05, 4.69) is 9.80 Å². The van der Waals surface area contributed by atoms with Crippen LogP contribution in [0.15, 0.2) is 24.3 Å². The Morgan fingerprint density at radius 2 is 1.78 bits per heavy atom. The van der Waals surface area contributed by atoms with E-state index >= 15 is 0 Å². The highest BCUT2D eigenvalue weighted by Gasteiger charge is 2.47. The normalized spacial score (nSPS) is 28.0. The molecule has 0 unspecified atom stereocenters. The molecular formula is C19H26N2O5S. The van der Waals surface area contributed by atoms with Crippen LogP contribution in [0.25, 0.3) is 0 Å². The van der Waals surface area contributed by atoms with Gasteiger partial charge in [0.15, 0.2) is 16.4 Å². The fourth-order valence-corrected chi connectivity index (χ4v) is 6.33. The van der Waals surface area contributed by atoms with E-state index < -0.39 is 15.8 Å². The zero-order valence-electron chi connectivity index (χ0n) is 15.3. The third kappa shape index (κ3) is 4.44. The van der Waals surface area contributed by atoms with Gasteiger partial charge in [-0.2, -0.15) is 0 Å². The van der Waals surface area contributed by atoms with E-state index in [9.17, 15) is 13.2 Å². The van der Waals surface area contributed by atoms with Crippen molar-refractivity contribution in [2.45, 2.75) is 31.5 Å². The van der Waals surface area contributed by atoms with Crippen molar-refractivity contribution < 1.29 is 23.1 Å². The quantitative estimate of drug-likeness (QED) is 0.733. The lowest BCUT2D eigenvalue weighted by atomic mass is 10.0. The second-order valence-electron chi connectivity index (χ2n) is 7.91. The van der Waals surface area contributed by atoms with Crippen molar-refractivity contribution in [2.24, 2.45) is 5.92 Å². The first kappa shape index (κ1) is 18.7. The van der Waals surface area contributed by atoms with Gasteiger partial charge in [-0.05, 0) is 24.8 Å². The molecule has 4 rings (SSSR count). The number of para-hydroxylation sites is 1. The molecule has 0 amide bonds. The number of nitrogens with zero attached hydrogens (tertiary/aromatic N) is 2. The van der Waals surface area contributed by atoms with E-state index in [1.165, 1.54) is 12.8 Å². The highest BCUT2D eigenvalue weighted by molar-refractivity contribution is 7.91. The molecule has 1 aromatic rings. The van der Waals surface area contributed by atoms with Crippen LogP contribution in [-0.2, 0) is 21.2 Å². The molecule has 0 spiro atoms. The number of piperazine rings is 1. The molecule has 1 saturated carbocycles.